The Morgan fingerprint density at radius 1 is 1.62 bits per heavy atom. The van der Waals surface area contributed by atoms with Gasteiger partial charge in [-0.1, -0.05) is 0 Å². The molecule has 0 saturated carbocycles. The van der Waals surface area contributed by atoms with Gasteiger partial charge in [-0.15, -0.1) is 0 Å². The van der Waals surface area contributed by atoms with E-state index in [1.54, 1.807) is 7.11 Å². The van der Waals surface area contributed by atoms with E-state index in [2.05, 4.69) is 5.32 Å². The van der Waals surface area contributed by atoms with Gasteiger partial charge in [-0.05, 0) is 19.8 Å². The SMILES string of the molecule is COC(C)CC1CCC(=O)NC1=O. The van der Waals surface area contributed by atoms with Gasteiger partial charge >= 0.3 is 0 Å². The maximum Gasteiger partial charge on any atom is 0.229 e. The fourth-order valence-electron chi connectivity index (χ4n) is 1.46. The van der Waals surface area contributed by atoms with Crippen molar-refractivity contribution < 1.29 is 14.3 Å². The Bertz CT molecular complexity index is 215. The van der Waals surface area contributed by atoms with Crippen molar-refractivity contribution in [2.45, 2.75) is 32.3 Å². The Balaban J connectivity index is 2.42. The van der Waals surface area contributed by atoms with Crippen LogP contribution >= 0.6 is 0 Å². The Morgan fingerprint density at radius 3 is 2.85 bits per heavy atom. The van der Waals surface area contributed by atoms with Gasteiger partial charge in [0.2, 0.25) is 11.8 Å². The Kier molecular flexibility index (Phi) is 3.42. The molecule has 1 saturated heterocycles. The van der Waals surface area contributed by atoms with Crippen LogP contribution in [0.15, 0.2) is 0 Å². The van der Waals surface area contributed by atoms with E-state index in [0.717, 1.165) is 0 Å². The minimum atomic E-state index is -0.161. The lowest BCUT2D eigenvalue weighted by Crippen LogP contribution is -2.41. The zero-order chi connectivity index (χ0) is 9.84. The van der Waals surface area contributed by atoms with Crippen molar-refractivity contribution in [2.24, 2.45) is 5.92 Å². The van der Waals surface area contributed by atoms with Gasteiger partial charge in [0.05, 0.1) is 6.10 Å². The number of piperidine rings is 1. The predicted molar refractivity (Wildman–Crippen MR) is 47.0 cm³/mol. The summed E-state index contributed by atoms with van der Waals surface area (Å²) in [7, 11) is 1.62. The number of ether oxygens (including phenoxy) is 1. The maximum atomic E-state index is 11.3. The zero-order valence-electron chi connectivity index (χ0n) is 8.00. The first-order valence-corrected chi connectivity index (χ1v) is 4.50. The van der Waals surface area contributed by atoms with Crippen LogP contribution in [0.5, 0.6) is 0 Å². The summed E-state index contributed by atoms with van der Waals surface area (Å²) in [6.45, 7) is 1.92. The molecule has 74 valence electrons. The van der Waals surface area contributed by atoms with Crippen LogP contribution in [0.1, 0.15) is 26.2 Å². The van der Waals surface area contributed by atoms with Crippen molar-refractivity contribution in [3.05, 3.63) is 0 Å². The van der Waals surface area contributed by atoms with Crippen molar-refractivity contribution in [1.82, 2.24) is 5.32 Å². The van der Waals surface area contributed by atoms with Gasteiger partial charge in [-0.2, -0.15) is 0 Å². The number of methoxy groups -OCH3 is 1. The highest BCUT2D eigenvalue weighted by Crippen LogP contribution is 2.18. The van der Waals surface area contributed by atoms with Gasteiger partial charge < -0.3 is 4.74 Å². The minimum absolute atomic E-state index is 0.0624. The van der Waals surface area contributed by atoms with Crippen LogP contribution in [0.25, 0.3) is 0 Å². The zero-order valence-corrected chi connectivity index (χ0v) is 8.00. The molecule has 4 heteroatoms. The fourth-order valence-corrected chi connectivity index (χ4v) is 1.46. The third-order valence-electron chi connectivity index (χ3n) is 2.37. The third-order valence-corrected chi connectivity index (χ3v) is 2.37. The van der Waals surface area contributed by atoms with E-state index in [1.807, 2.05) is 6.92 Å². The summed E-state index contributed by atoms with van der Waals surface area (Å²) < 4.78 is 5.06. The summed E-state index contributed by atoms with van der Waals surface area (Å²) in [5, 5.41) is 2.33. The standard InChI is InChI=1S/C9H15NO3/c1-6(13-2)5-7-3-4-8(11)10-9(7)12/h6-7H,3-5H2,1-2H3,(H,10,11,12). The molecule has 0 aromatic carbocycles. The number of rotatable bonds is 3. The van der Waals surface area contributed by atoms with E-state index in [0.29, 0.717) is 19.3 Å². The Labute approximate surface area is 77.6 Å². The molecular formula is C9H15NO3. The average molecular weight is 185 g/mol. The fraction of sp³-hybridized carbons (Fsp3) is 0.778. The molecule has 0 aliphatic carbocycles. The molecular weight excluding hydrogens is 170 g/mol. The van der Waals surface area contributed by atoms with Crippen LogP contribution in [0.4, 0.5) is 0 Å². The molecule has 0 aromatic heterocycles. The second kappa shape index (κ2) is 4.37. The second-order valence-electron chi connectivity index (χ2n) is 3.43. The molecule has 13 heavy (non-hydrogen) atoms. The molecule has 1 aliphatic heterocycles. The Morgan fingerprint density at radius 2 is 2.31 bits per heavy atom. The van der Waals surface area contributed by atoms with Crippen LogP contribution in [0.3, 0.4) is 0 Å². The first-order chi connectivity index (χ1) is 6.13. The molecule has 0 aromatic rings. The topological polar surface area (TPSA) is 55.4 Å². The molecule has 2 unspecified atom stereocenters. The summed E-state index contributed by atoms with van der Waals surface area (Å²) in [4.78, 5) is 22.1. The molecule has 1 heterocycles. The quantitative estimate of drug-likeness (QED) is 0.650. The molecule has 1 N–H and O–H groups in total. The number of carbonyl (C=O) groups is 2. The van der Waals surface area contributed by atoms with Crippen LogP contribution < -0.4 is 5.32 Å². The van der Waals surface area contributed by atoms with Crippen molar-refractivity contribution in [2.75, 3.05) is 7.11 Å². The van der Waals surface area contributed by atoms with Gasteiger partial charge in [0.15, 0.2) is 0 Å². The first kappa shape index (κ1) is 10.2. The van der Waals surface area contributed by atoms with Crippen molar-refractivity contribution in [3.63, 3.8) is 0 Å². The molecule has 0 bridgehead atoms. The first-order valence-electron chi connectivity index (χ1n) is 4.50. The highest BCUT2D eigenvalue weighted by atomic mass is 16.5. The summed E-state index contributed by atoms with van der Waals surface area (Å²) in [6.07, 6.45) is 1.87. The number of nitrogens with one attached hydrogen (secondary N) is 1. The van der Waals surface area contributed by atoms with Crippen LogP contribution in [0.2, 0.25) is 0 Å². The van der Waals surface area contributed by atoms with Gasteiger partial charge in [0, 0.05) is 19.4 Å². The lowest BCUT2D eigenvalue weighted by Gasteiger charge is -2.22. The largest absolute Gasteiger partial charge is 0.382 e. The molecule has 1 fully saturated rings. The van der Waals surface area contributed by atoms with Crippen molar-refractivity contribution >= 4 is 11.8 Å². The van der Waals surface area contributed by atoms with Gasteiger partial charge in [0.25, 0.3) is 0 Å². The van der Waals surface area contributed by atoms with Gasteiger partial charge in [-0.25, -0.2) is 0 Å². The normalized spacial score (nSPS) is 25.5. The average Bonchev–Trinajstić information content (AvgIpc) is 2.09. The minimum Gasteiger partial charge on any atom is -0.382 e. The van der Waals surface area contributed by atoms with E-state index in [-0.39, 0.29) is 23.8 Å². The van der Waals surface area contributed by atoms with E-state index in [1.165, 1.54) is 0 Å². The van der Waals surface area contributed by atoms with Crippen molar-refractivity contribution in [1.29, 1.82) is 0 Å². The molecule has 2 atom stereocenters. The summed E-state index contributed by atoms with van der Waals surface area (Å²) >= 11 is 0. The summed E-state index contributed by atoms with van der Waals surface area (Å²) in [5.74, 6) is -0.376. The van der Waals surface area contributed by atoms with E-state index in [9.17, 15) is 9.59 Å². The molecule has 4 nitrogen and oxygen atoms in total. The smallest absolute Gasteiger partial charge is 0.229 e. The third kappa shape index (κ3) is 2.81. The highest BCUT2D eigenvalue weighted by Gasteiger charge is 2.27. The maximum absolute atomic E-state index is 11.3. The van der Waals surface area contributed by atoms with E-state index in [4.69, 9.17) is 4.74 Å². The Hall–Kier alpha value is -0.900. The number of carbonyl (C=O) groups excluding carboxylic acids is 2. The van der Waals surface area contributed by atoms with Crippen LogP contribution in [-0.4, -0.2) is 25.0 Å². The molecule has 1 rings (SSSR count). The van der Waals surface area contributed by atoms with E-state index >= 15 is 0 Å². The highest BCUT2D eigenvalue weighted by molar-refractivity contribution is 5.98. The van der Waals surface area contributed by atoms with Gasteiger partial charge in [-0.3, -0.25) is 14.9 Å². The summed E-state index contributed by atoms with van der Waals surface area (Å²) in [6, 6.07) is 0. The molecule has 2 amide bonds. The molecule has 1 aliphatic rings. The number of hydrogen-bond donors (Lipinski definition) is 1. The lowest BCUT2D eigenvalue weighted by molar-refractivity contribution is -0.137. The van der Waals surface area contributed by atoms with Crippen LogP contribution in [-0.2, 0) is 14.3 Å². The monoisotopic (exact) mass is 185 g/mol. The summed E-state index contributed by atoms with van der Waals surface area (Å²) in [5.41, 5.74) is 0. The molecule has 0 spiro atoms. The van der Waals surface area contributed by atoms with Crippen molar-refractivity contribution in [3.8, 4) is 0 Å². The van der Waals surface area contributed by atoms with Crippen LogP contribution in [0, 0.1) is 5.92 Å². The number of amides is 2. The molecule has 0 radical (unpaired) electrons. The second-order valence-corrected chi connectivity index (χ2v) is 3.43. The van der Waals surface area contributed by atoms with Gasteiger partial charge in [0.1, 0.15) is 0 Å². The predicted octanol–water partition coefficient (Wildman–Crippen LogP) is 0.464. The number of hydrogen-bond acceptors (Lipinski definition) is 3. The number of imide groups is 1. The lowest BCUT2D eigenvalue weighted by atomic mass is 9.93. The van der Waals surface area contributed by atoms with E-state index < -0.39 is 0 Å².